The minimum atomic E-state index is -0.311. The van der Waals surface area contributed by atoms with Gasteiger partial charge in [0.2, 0.25) is 0 Å². The third-order valence-corrected chi connectivity index (χ3v) is 2.50. The van der Waals surface area contributed by atoms with E-state index in [0.29, 0.717) is 30.3 Å². The Balaban J connectivity index is 2.21. The predicted molar refractivity (Wildman–Crippen MR) is 64.0 cm³/mol. The van der Waals surface area contributed by atoms with Gasteiger partial charge in [0.15, 0.2) is 0 Å². The average Bonchev–Trinajstić information content (AvgIpc) is 2.26. The molecule has 0 atom stereocenters. The predicted octanol–water partition coefficient (Wildman–Crippen LogP) is 3.12. The zero-order valence-electron chi connectivity index (χ0n) is 9.22. The molecule has 2 N–H and O–H groups in total. The number of hydrogen-bond acceptors (Lipinski definition) is 2. The summed E-state index contributed by atoms with van der Waals surface area (Å²) < 4.78 is 18.7. The zero-order chi connectivity index (χ0) is 11.8. The first-order valence-electron chi connectivity index (χ1n) is 5.46. The van der Waals surface area contributed by atoms with E-state index in [9.17, 15) is 4.39 Å². The topological polar surface area (TPSA) is 35.2 Å². The quantitative estimate of drug-likeness (QED) is 0.749. The van der Waals surface area contributed by atoms with Crippen molar-refractivity contribution in [1.82, 2.24) is 0 Å². The van der Waals surface area contributed by atoms with Gasteiger partial charge in [-0.1, -0.05) is 17.7 Å². The largest absolute Gasteiger partial charge is 0.377 e. The second-order valence-electron chi connectivity index (χ2n) is 3.64. The van der Waals surface area contributed by atoms with Crippen LogP contribution in [-0.4, -0.2) is 13.2 Å². The molecule has 0 spiro atoms. The van der Waals surface area contributed by atoms with E-state index < -0.39 is 0 Å². The van der Waals surface area contributed by atoms with E-state index in [1.807, 2.05) is 0 Å². The Morgan fingerprint density at radius 1 is 1.25 bits per heavy atom. The lowest BCUT2D eigenvalue weighted by atomic mass is 10.2. The molecule has 0 amide bonds. The normalized spacial score (nSPS) is 10.7. The minimum absolute atomic E-state index is 0.297. The van der Waals surface area contributed by atoms with E-state index in [4.69, 9.17) is 22.1 Å². The number of rotatable bonds is 7. The fourth-order valence-corrected chi connectivity index (χ4v) is 1.50. The van der Waals surface area contributed by atoms with E-state index in [1.165, 1.54) is 6.07 Å². The van der Waals surface area contributed by atoms with Gasteiger partial charge in [-0.15, -0.1) is 0 Å². The molecule has 0 saturated heterocycles. The van der Waals surface area contributed by atoms with Gasteiger partial charge in [-0.3, -0.25) is 0 Å². The Labute approximate surface area is 101 Å². The smallest absolute Gasteiger partial charge is 0.130 e. The fraction of sp³-hybridized carbons (Fsp3) is 0.500. The maximum absolute atomic E-state index is 13.3. The molecule has 90 valence electrons. The van der Waals surface area contributed by atoms with Crippen LogP contribution in [0, 0.1) is 5.82 Å². The SMILES string of the molecule is NCCCCCOCc1ccc(Cl)cc1F. The second-order valence-corrected chi connectivity index (χ2v) is 4.07. The first-order valence-corrected chi connectivity index (χ1v) is 5.83. The van der Waals surface area contributed by atoms with Crippen LogP contribution >= 0.6 is 11.6 Å². The van der Waals surface area contributed by atoms with E-state index >= 15 is 0 Å². The summed E-state index contributed by atoms with van der Waals surface area (Å²) in [5, 5.41) is 0.407. The highest BCUT2D eigenvalue weighted by atomic mass is 35.5. The molecular weight excluding hydrogens is 229 g/mol. The molecule has 4 heteroatoms. The minimum Gasteiger partial charge on any atom is -0.377 e. The van der Waals surface area contributed by atoms with Crippen molar-refractivity contribution in [3.8, 4) is 0 Å². The van der Waals surface area contributed by atoms with Crippen LogP contribution in [0.15, 0.2) is 18.2 Å². The Bertz CT molecular complexity index is 320. The van der Waals surface area contributed by atoms with Crippen LogP contribution in [0.3, 0.4) is 0 Å². The van der Waals surface area contributed by atoms with Gasteiger partial charge >= 0.3 is 0 Å². The molecule has 0 unspecified atom stereocenters. The van der Waals surface area contributed by atoms with Crippen LogP contribution < -0.4 is 5.73 Å². The number of ether oxygens (including phenoxy) is 1. The lowest BCUT2D eigenvalue weighted by Gasteiger charge is -2.05. The maximum Gasteiger partial charge on any atom is 0.130 e. The molecule has 0 aromatic heterocycles. The van der Waals surface area contributed by atoms with Gasteiger partial charge in [0.05, 0.1) is 6.61 Å². The van der Waals surface area contributed by atoms with Crippen LogP contribution in [-0.2, 0) is 11.3 Å². The van der Waals surface area contributed by atoms with Crippen LogP contribution in [0.2, 0.25) is 5.02 Å². The van der Waals surface area contributed by atoms with Crippen LogP contribution in [0.1, 0.15) is 24.8 Å². The van der Waals surface area contributed by atoms with Gasteiger partial charge < -0.3 is 10.5 Å². The molecule has 0 radical (unpaired) electrons. The van der Waals surface area contributed by atoms with Crippen LogP contribution in [0.4, 0.5) is 4.39 Å². The molecule has 0 aliphatic carbocycles. The lowest BCUT2D eigenvalue weighted by Crippen LogP contribution is -2.01. The first-order chi connectivity index (χ1) is 7.74. The molecule has 2 nitrogen and oxygen atoms in total. The Morgan fingerprint density at radius 3 is 2.75 bits per heavy atom. The molecule has 0 aliphatic rings. The van der Waals surface area contributed by atoms with E-state index in [2.05, 4.69) is 0 Å². The highest BCUT2D eigenvalue weighted by Gasteiger charge is 2.02. The summed E-state index contributed by atoms with van der Waals surface area (Å²) in [6, 6.07) is 4.62. The van der Waals surface area contributed by atoms with Gasteiger partial charge in [0, 0.05) is 17.2 Å². The highest BCUT2D eigenvalue weighted by Crippen LogP contribution is 2.15. The molecule has 16 heavy (non-hydrogen) atoms. The van der Waals surface area contributed by atoms with E-state index in [1.54, 1.807) is 12.1 Å². The summed E-state index contributed by atoms with van der Waals surface area (Å²) in [6.07, 6.45) is 3.03. The van der Waals surface area contributed by atoms with Gasteiger partial charge in [-0.25, -0.2) is 4.39 Å². The first kappa shape index (κ1) is 13.4. The molecule has 0 fully saturated rings. The standard InChI is InChI=1S/C12H17ClFNO/c13-11-5-4-10(12(14)8-11)9-16-7-3-1-2-6-15/h4-5,8H,1-3,6-7,9,15H2. The summed E-state index contributed by atoms with van der Waals surface area (Å²) in [7, 11) is 0. The monoisotopic (exact) mass is 245 g/mol. The molecule has 1 aromatic rings. The maximum atomic E-state index is 13.3. The summed E-state index contributed by atoms with van der Waals surface area (Å²) in [5.41, 5.74) is 5.91. The summed E-state index contributed by atoms with van der Waals surface area (Å²) in [4.78, 5) is 0. The van der Waals surface area contributed by atoms with Crippen molar-refractivity contribution in [3.63, 3.8) is 0 Å². The average molecular weight is 246 g/mol. The molecular formula is C12H17ClFNO. The zero-order valence-corrected chi connectivity index (χ0v) is 9.97. The number of nitrogens with two attached hydrogens (primary N) is 1. The number of hydrogen-bond donors (Lipinski definition) is 1. The number of halogens is 2. The van der Waals surface area contributed by atoms with Gasteiger partial charge in [-0.05, 0) is 37.9 Å². The van der Waals surface area contributed by atoms with Crippen molar-refractivity contribution in [2.45, 2.75) is 25.9 Å². The van der Waals surface area contributed by atoms with Crippen molar-refractivity contribution in [3.05, 3.63) is 34.6 Å². The molecule has 1 rings (SSSR count). The van der Waals surface area contributed by atoms with Crippen molar-refractivity contribution >= 4 is 11.6 Å². The molecule has 1 aromatic carbocycles. The Kier molecular flexibility index (Phi) is 6.38. The van der Waals surface area contributed by atoms with Gasteiger partial charge in [0.25, 0.3) is 0 Å². The Hall–Kier alpha value is -0.640. The van der Waals surface area contributed by atoms with Crippen molar-refractivity contribution in [2.24, 2.45) is 5.73 Å². The molecule has 0 saturated carbocycles. The molecule has 0 heterocycles. The summed E-state index contributed by atoms with van der Waals surface area (Å²) >= 11 is 5.64. The molecule has 0 aliphatic heterocycles. The second kappa shape index (κ2) is 7.60. The summed E-state index contributed by atoms with van der Waals surface area (Å²) in [5.74, 6) is -0.311. The van der Waals surface area contributed by atoms with Crippen molar-refractivity contribution < 1.29 is 9.13 Å². The van der Waals surface area contributed by atoms with Gasteiger partial charge in [0.1, 0.15) is 5.82 Å². The van der Waals surface area contributed by atoms with Crippen molar-refractivity contribution in [2.75, 3.05) is 13.2 Å². The van der Waals surface area contributed by atoms with E-state index in [0.717, 1.165) is 19.3 Å². The van der Waals surface area contributed by atoms with E-state index in [-0.39, 0.29) is 5.82 Å². The van der Waals surface area contributed by atoms with Crippen LogP contribution in [0.5, 0.6) is 0 Å². The third kappa shape index (κ3) is 4.92. The summed E-state index contributed by atoms with van der Waals surface area (Å²) in [6.45, 7) is 1.65. The fourth-order valence-electron chi connectivity index (χ4n) is 1.35. The van der Waals surface area contributed by atoms with Gasteiger partial charge in [-0.2, -0.15) is 0 Å². The van der Waals surface area contributed by atoms with Crippen molar-refractivity contribution in [1.29, 1.82) is 0 Å². The molecule has 0 bridgehead atoms. The lowest BCUT2D eigenvalue weighted by molar-refractivity contribution is 0.114. The van der Waals surface area contributed by atoms with Crippen LogP contribution in [0.25, 0.3) is 0 Å². The highest BCUT2D eigenvalue weighted by molar-refractivity contribution is 6.30. The number of benzene rings is 1. The number of unbranched alkanes of at least 4 members (excludes halogenated alkanes) is 2. The Morgan fingerprint density at radius 2 is 2.06 bits per heavy atom. The third-order valence-electron chi connectivity index (χ3n) is 2.27.